The van der Waals surface area contributed by atoms with Crippen LogP contribution in [0.3, 0.4) is 0 Å². The second-order valence-corrected chi connectivity index (χ2v) is 6.52. The molecule has 0 atom stereocenters. The van der Waals surface area contributed by atoms with Gasteiger partial charge < -0.3 is 9.47 Å². The van der Waals surface area contributed by atoms with Crippen LogP contribution in [-0.4, -0.2) is 47.6 Å². The van der Waals surface area contributed by atoms with Crippen LogP contribution >= 0.6 is 0 Å². The number of hydrogen-bond donors (Lipinski definition) is 0. The van der Waals surface area contributed by atoms with E-state index >= 15 is 0 Å². The quantitative estimate of drug-likeness (QED) is 0.551. The van der Waals surface area contributed by atoms with Crippen LogP contribution < -0.4 is 9.47 Å². The predicted molar refractivity (Wildman–Crippen MR) is 96.2 cm³/mol. The first kappa shape index (κ1) is 15.7. The normalized spacial score (nSPS) is 13.4. The highest BCUT2D eigenvalue weighted by atomic mass is 16.6. The van der Waals surface area contributed by atoms with Gasteiger partial charge in [-0.05, 0) is 24.1 Å². The Labute approximate surface area is 154 Å². The van der Waals surface area contributed by atoms with Crippen molar-refractivity contribution in [1.29, 1.82) is 0 Å². The number of fused-ring (bicyclic) bond motifs is 2. The minimum atomic E-state index is 0.251. The summed E-state index contributed by atoms with van der Waals surface area (Å²) in [6, 6.07) is 7.67. The Hall–Kier alpha value is -3.49. The average Bonchev–Trinajstić information content (AvgIpc) is 3.35. The molecule has 4 aromatic rings. The van der Waals surface area contributed by atoms with Crippen LogP contribution in [-0.2, 0) is 0 Å². The van der Waals surface area contributed by atoms with Gasteiger partial charge in [-0.1, -0.05) is 13.8 Å². The first-order chi connectivity index (χ1) is 13.2. The van der Waals surface area contributed by atoms with E-state index in [1.807, 2.05) is 24.3 Å². The fourth-order valence-electron chi connectivity index (χ4n) is 3.13. The van der Waals surface area contributed by atoms with Crippen LogP contribution in [0, 0.1) is 0 Å². The highest BCUT2D eigenvalue weighted by molar-refractivity contribution is 5.58. The molecule has 5 rings (SSSR count). The van der Waals surface area contributed by atoms with E-state index in [0.717, 1.165) is 17.1 Å². The predicted octanol–water partition coefficient (Wildman–Crippen LogP) is 2.27. The van der Waals surface area contributed by atoms with Gasteiger partial charge in [-0.3, -0.25) is 0 Å². The maximum atomic E-state index is 5.68. The molecule has 0 amide bonds. The minimum absolute atomic E-state index is 0.251. The van der Waals surface area contributed by atoms with E-state index < -0.39 is 0 Å². The lowest BCUT2D eigenvalue weighted by molar-refractivity contribution is 0.171. The van der Waals surface area contributed by atoms with Gasteiger partial charge in [0.05, 0.1) is 11.4 Å². The third kappa shape index (κ3) is 2.59. The maximum absolute atomic E-state index is 5.68. The van der Waals surface area contributed by atoms with Gasteiger partial charge in [0.25, 0.3) is 5.78 Å². The number of aromatic nitrogens is 7. The van der Waals surface area contributed by atoms with Crippen molar-refractivity contribution in [3.63, 3.8) is 0 Å². The lowest BCUT2D eigenvalue weighted by Gasteiger charge is -2.19. The van der Waals surface area contributed by atoms with E-state index in [0.29, 0.717) is 36.3 Å². The van der Waals surface area contributed by atoms with Gasteiger partial charge in [0.1, 0.15) is 31.6 Å². The van der Waals surface area contributed by atoms with E-state index in [1.54, 1.807) is 9.20 Å². The molecule has 0 N–H and O–H groups in total. The fourth-order valence-corrected chi connectivity index (χ4v) is 3.13. The van der Waals surface area contributed by atoms with Gasteiger partial charge in [-0.25, -0.2) is 19.2 Å². The molecule has 1 aliphatic rings. The van der Waals surface area contributed by atoms with Crippen molar-refractivity contribution in [3.8, 4) is 28.7 Å². The van der Waals surface area contributed by atoms with Crippen molar-refractivity contribution in [1.82, 2.24) is 34.3 Å². The van der Waals surface area contributed by atoms with Gasteiger partial charge in [-0.15, -0.1) is 0 Å². The molecule has 1 aliphatic heterocycles. The minimum Gasteiger partial charge on any atom is -0.486 e. The van der Waals surface area contributed by atoms with E-state index in [9.17, 15) is 0 Å². The third-order valence-corrected chi connectivity index (χ3v) is 4.42. The number of nitrogens with zero attached hydrogens (tertiary/aromatic N) is 7. The smallest absolute Gasteiger partial charge is 0.253 e. The summed E-state index contributed by atoms with van der Waals surface area (Å²) in [5.74, 6) is 2.84. The third-order valence-electron chi connectivity index (χ3n) is 4.42. The summed E-state index contributed by atoms with van der Waals surface area (Å²) in [5.41, 5.74) is 2.51. The molecule has 0 spiro atoms. The first-order valence-electron chi connectivity index (χ1n) is 8.72. The van der Waals surface area contributed by atoms with Crippen molar-refractivity contribution in [2.45, 2.75) is 19.8 Å². The summed E-state index contributed by atoms with van der Waals surface area (Å²) in [6.07, 6.45) is 3.01. The van der Waals surface area contributed by atoms with Gasteiger partial charge in [0.15, 0.2) is 17.3 Å². The summed E-state index contributed by atoms with van der Waals surface area (Å²) in [4.78, 5) is 13.3. The van der Waals surface area contributed by atoms with Crippen LogP contribution in [0.1, 0.15) is 25.5 Å². The molecule has 3 aromatic heterocycles. The SMILES string of the molecule is CC(C)c1cc(-c2ncnn2-c2ccc3c(c2)OCCO3)nc2ncnn12. The number of rotatable bonds is 3. The van der Waals surface area contributed by atoms with Crippen molar-refractivity contribution in [2.24, 2.45) is 0 Å². The Balaban J connectivity index is 1.64. The van der Waals surface area contributed by atoms with Crippen LogP contribution in [0.4, 0.5) is 0 Å². The standard InChI is InChI=1S/C18H17N7O2/c1-11(2)14-8-13(23-18-20-10-22-25(14)18)17-19-9-21-24(17)12-3-4-15-16(7-12)27-6-5-26-15/h3-4,7-11H,5-6H2,1-2H3. The Morgan fingerprint density at radius 2 is 1.78 bits per heavy atom. The molecule has 27 heavy (non-hydrogen) atoms. The van der Waals surface area contributed by atoms with Crippen molar-refractivity contribution in [2.75, 3.05) is 13.2 Å². The highest BCUT2D eigenvalue weighted by Crippen LogP contribution is 2.33. The summed E-state index contributed by atoms with van der Waals surface area (Å²) in [7, 11) is 0. The zero-order valence-corrected chi connectivity index (χ0v) is 14.9. The molecule has 4 heterocycles. The Kier molecular flexibility index (Phi) is 3.52. The Morgan fingerprint density at radius 1 is 0.963 bits per heavy atom. The van der Waals surface area contributed by atoms with Gasteiger partial charge >= 0.3 is 0 Å². The summed E-state index contributed by atoms with van der Waals surface area (Å²) in [5, 5.41) is 8.64. The summed E-state index contributed by atoms with van der Waals surface area (Å²) >= 11 is 0. The number of benzene rings is 1. The Bertz CT molecular complexity index is 1130. The van der Waals surface area contributed by atoms with E-state index in [2.05, 4.69) is 39.0 Å². The lowest BCUT2D eigenvalue weighted by atomic mass is 10.1. The Morgan fingerprint density at radius 3 is 2.63 bits per heavy atom. The molecule has 0 saturated heterocycles. The van der Waals surface area contributed by atoms with Crippen molar-refractivity contribution >= 4 is 5.78 Å². The molecule has 1 aromatic carbocycles. The molecule has 0 radical (unpaired) electrons. The van der Waals surface area contributed by atoms with Crippen LogP contribution in [0.5, 0.6) is 11.5 Å². The average molecular weight is 363 g/mol. The van der Waals surface area contributed by atoms with E-state index in [4.69, 9.17) is 9.47 Å². The number of ether oxygens (including phenoxy) is 2. The molecule has 0 bridgehead atoms. The molecule has 0 fully saturated rings. The zero-order chi connectivity index (χ0) is 18.4. The van der Waals surface area contributed by atoms with Crippen LogP contribution in [0.25, 0.3) is 23.0 Å². The van der Waals surface area contributed by atoms with Crippen molar-refractivity contribution < 1.29 is 9.47 Å². The number of hydrogen-bond acceptors (Lipinski definition) is 7. The fraction of sp³-hybridized carbons (Fsp3) is 0.278. The van der Waals surface area contributed by atoms with Gasteiger partial charge in [0, 0.05) is 6.07 Å². The first-order valence-corrected chi connectivity index (χ1v) is 8.72. The van der Waals surface area contributed by atoms with Crippen molar-refractivity contribution in [3.05, 3.63) is 42.6 Å². The largest absolute Gasteiger partial charge is 0.486 e. The van der Waals surface area contributed by atoms with E-state index in [1.165, 1.54) is 12.7 Å². The second-order valence-electron chi connectivity index (χ2n) is 6.52. The topological polar surface area (TPSA) is 92.2 Å². The lowest BCUT2D eigenvalue weighted by Crippen LogP contribution is -2.15. The van der Waals surface area contributed by atoms with Crippen LogP contribution in [0.15, 0.2) is 36.9 Å². The molecule has 9 heteroatoms. The molecule has 0 saturated carbocycles. The summed E-state index contributed by atoms with van der Waals surface area (Å²) in [6.45, 7) is 5.29. The van der Waals surface area contributed by atoms with E-state index in [-0.39, 0.29) is 5.92 Å². The molecular formula is C18H17N7O2. The maximum Gasteiger partial charge on any atom is 0.253 e. The monoisotopic (exact) mass is 363 g/mol. The molecule has 0 unspecified atom stereocenters. The summed E-state index contributed by atoms with van der Waals surface area (Å²) < 4.78 is 14.8. The highest BCUT2D eigenvalue weighted by Gasteiger charge is 2.18. The second kappa shape index (κ2) is 6.04. The van der Waals surface area contributed by atoms with Gasteiger partial charge in [-0.2, -0.15) is 15.2 Å². The zero-order valence-electron chi connectivity index (χ0n) is 14.9. The van der Waals surface area contributed by atoms with Gasteiger partial charge in [0.2, 0.25) is 0 Å². The molecule has 136 valence electrons. The molecular weight excluding hydrogens is 346 g/mol. The molecule has 0 aliphatic carbocycles. The molecule has 9 nitrogen and oxygen atoms in total. The van der Waals surface area contributed by atoms with Crippen LogP contribution in [0.2, 0.25) is 0 Å².